The zero-order valence-electron chi connectivity index (χ0n) is 9.74. The lowest BCUT2D eigenvalue weighted by Crippen LogP contribution is -2.67. The van der Waals surface area contributed by atoms with E-state index in [4.69, 9.17) is 18.0 Å². The third-order valence-corrected chi connectivity index (χ3v) is 3.20. The van der Waals surface area contributed by atoms with Crippen molar-refractivity contribution in [3.05, 3.63) is 0 Å². The Morgan fingerprint density at radius 1 is 1.62 bits per heavy atom. The van der Waals surface area contributed by atoms with Crippen LogP contribution >= 0.6 is 12.2 Å². The maximum Gasteiger partial charge on any atom is 0.246 e. The SMILES string of the molecule is CCC(C(N)=S)N1CC(=O)NC(=O)C1(C)C. The summed E-state index contributed by atoms with van der Waals surface area (Å²) in [5.74, 6) is -0.613. The molecule has 5 nitrogen and oxygen atoms in total. The lowest BCUT2D eigenvalue weighted by molar-refractivity contribution is -0.146. The molecule has 90 valence electrons. The van der Waals surface area contributed by atoms with E-state index in [1.807, 2.05) is 6.92 Å². The molecule has 1 unspecified atom stereocenters. The maximum atomic E-state index is 11.7. The third kappa shape index (κ3) is 2.22. The van der Waals surface area contributed by atoms with Crippen LogP contribution in [0, 0.1) is 0 Å². The van der Waals surface area contributed by atoms with E-state index in [1.54, 1.807) is 18.7 Å². The Bertz CT molecular complexity index is 341. The Labute approximate surface area is 100 Å². The first-order chi connectivity index (χ1) is 7.30. The molecule has 0 radical (unpaired) electrons. The van der Waals surface area contributed by atoms with Crippen LogP contribution < -0.4 is 11.1 Å². The zero-order valence-corrected chi connectivity index (χ0v) is 10.6. The van der Waals surface area contributed by atoms with Crippen molar-refractivity contribution < 1.29 is 9.59 Å². The van der Waals surface area contributed by atoms with Crippen molar-refractivity contribution >= 4 is 29.0 Å². The molecular formula is C10H17N3O2S. The Morgan fingerprint density at radius 3 is 2.62 bits per heavy atom. The molecule has 1 aliphatic heterocycles. The van der Waals surface area contributed by atoms with E-state index >= 15 is 0 Å². The molecule has 1 rings (SSSR count). The van der Waals surface area contributed by atoms with Crippen LogP contribution in [-0.2, 0) is 9.59 Å². The standard InChI is InChI=1S/C10H17N3O2S/c1-4-6(8(11)16)13-5-7(14)12-9(15)10(13,2)3/h6H,4-5H2,1-3H3,(H2,11,16)(H,12,14,15). The summed E-state index contributed by atoms with van der Waals surface area (Å²) >= 11 is 4.97. The summed E-state index contributed by atoms with van der Waals surface area (Å²) in [7, 11) is 0. The predicted molar refractivity (Wildman–Crippen MR) is 64.8 cm³/mol. The molecule has 1 aliphatic rings. The van der Waals surface area contributed by atoms with Crippen molar-refractivity contribution in [2.75, 3.05) is 6.54 Å². The number of nitrogens with zero attached hydrogens (tertiary/aromatic N) is 1. The molecule has 3 N–H and O–H groups in total. The fourth-order valence-electron chi connectivity index (χ4n) is 1.88. The van der Waals surface area contributed by atoms with Crippen molar-refractivity contribution in [1.82, 2.24) is 10.2 Å². The number of amides is 2. The van der Waals surface area contributed by atoms with E-state index < -0.39 is 5.54 Å². The molecule has 1 heterocycles. The first-order valence-electron chi connectivity index (χ1n) is 5.21. The molecule has 16 heavy (non-hydrogen) atoms. The van der Waals surface area contributed by atoms with Crippen LogP contribution in [-0.4, -0.2) is 39.8 Å². The average Bonchev–Trinajstić information content (AvgIpc) is 2.14. The smallest absolute Gasteiger partial charge is 0.246 e. The predicted octanol–water partition coefficient (Wildman–Crippen LogP) is -0.212. The minimum Gasteiger partial charge on any atom is -0.392 e. The summed E-state index contributed by atoms with van der Waals surface area (Å²) < 4.78 is 0. The van der Waals surface area contributed by atoms with Crippen molar-refractivity contribution in [2.24, 2.45) is 5.73 Å². The molecule has 2 amide bonds. The summed E-state index contributed by atoms with van der Waals surface area (Å²) in [5.41, 5.74) is 4.87. The lowest BCUT2D eigenvalue weighted by Gasteiger charge is -2.44. The summed E-state index contributed by atoms with van der Waals surface area (Å²) in [6.07, 6.45) is 0.680. The molecule has 0 aromatic carbocycles. The van der Waals surface area contributed by atoms with Gasteiger partial charge in [0.25, 0.3) is 0 Å². The van der Waals surface area contributed by atoms with Crippen molar-refractivity contribution in [3.63, 3.8) is 0 Å². The second-order valence-electron chi connectivity index (χ2n) is 4.39. The van der Waals surface area contributed by atoms with E-state index in [0.717, 1.165) is 0 Å². The van der Waals surface area contributed by atoms with Crippen molar-refractivity contribution in [3.8, 4) is 0 Å². The number of nitrogens with one attached hydrogen (secondary N) is 1. The third-order valence-electron chi connectivity index (χ3n) is 2.93. The highest BCUT2D eigenvalue weighted by Gasteiger charge is 2.44. The van der Waals surface area contributed by atoms with Crippen LogP contribution in [0.2, 0.25) is 0 Å². The molecule has 0 aromatic heterocycles. The number of hydrogen-bond acceptors (Lipinski definition) is 4. The summed E-state index contributed by atoms with van der Waals surface area (Å²) in [6.45, 7) is 5.59. The van der Waals surface area contributed by atoms with Crippen LogP contribution in [0.4, 0.5) is 0 Å². The van der Waals surface area contributed by atoms with E-state index in [0.29, 0.717) is 11.4 Å². The fraction of sp³-hybridized carbons (Fsp3) is 0.700. The van der Waals surface area contributed by atoms with Gasteiger partial charge in [-0.05, 0) is 20.3 Å². The zero-order chi connectivity index (χ0) is 12.5. The van der Waals surface area contributed by atoms with Crippen LogP contribution in [0.3, 0.4) is 0 Å². The first-order valence-corrected chi connectivity index (χ1v) is 5.61. The number of carbonyl (C=O) groups is 2. The van der Waals surface area contributed by atoms with E-state index in [9.17, 15) is 9.59 Å². The Morgan fingerprint density at radius 2 is 2.19 bits per heavy atom. The minimum atomic E-state index is -0.766. The Kier molecular flexibility index (Phi) is 3.64. The molecule has 0 saturated carbocycles. The van der Waals surface area contributed by atoms with Crippen LogP contribution in [0.1, 0.15) is 27.2 Å². The van der Waals surface area contributed by atoms with E-state index in [-0.39, 0.29) is 24.4 Å². The molecule has 1 saturated heterocycles. The van der Waals surface area contributed by atoms with Crippen LogP contribution in [0.15, 0.2) is 0 Å². The van der Waals surface area contributed by atoms with Gasteiger partial charge < -0.3 is 5.73 Å². The topological polar surface area (TPSA) is 75.4 Å². The molecule has 0 bridgehead atoms. The highest BCUT2D eigenvalue weighted by molar-refractivity contribution is 7.80. The van der Waals surface area contributed by atoms with Gasteiger partial charge in [0.15, 0.2) is 0 Å². The summed E-state index contributed by atoms with van der Waals surface area (Å²) in [6, 6.07) is -0.222. The van der Waals surface area contributed by atoms with Gasteiger partial charge in [-0.1, -0.05) is 19.1 Å². The average molecular weight is 243 g/mol. The number of carbonyl (C=O) groups excluding carboxylic acids is 2. The van der Waals surface area contributed by atoms with Gasteiger partial charge in [-0.25, -0.2) is 0 Å². The Balaban J connectivity index is 3.03. The second-order valence-corrected chi connectivity index (χ2v) is 4.86. The molecule has 0 aromatic rings. The molecule has 1 fully saturated rings. The number of rotatable bonds is 3. The fourth-order valence-corrected chi connectivity index (χ4v) is 2.17. The van der Waals surface area contributed by atoms with E-state index in [2.05, 4.69) is 5.32 Å². The van der Waals surface area contributed by atoms with Gasteiger partial charge in [0, 0.05) is 0 Å². The van der Waals surface area contributed by atoms with Gasteiger partial charge in [-0.15, -0.1) is 0 Å². The van der Waals surface area contributed by atoms with Gasteiger partial charge in [-0.2, -0.15) is 0 Å². The summed E-state index contributed by atoms with van der Waals surface area (Å²) in [4.78, 5) is 25.2. The number of piperazine rings is 1. The number of nitrogens with two attached hydrogens (primary N) is 1. The van der Waals surface area contributed by atoms with Gasteiger partial charge in [0.2, 0.25) is 11.8 Å². The number of imide groups is 1. The van der Waals surface area contributed by atoms with E-state index in [1.165, 1.54) is 0 Å². The highest BCUT2D eigenvalue weighted by atomic mass is 32.1. The molecule has 0 spiro atoms. The van der Waals surface area contributed by atoms with Gasteiger partial charge in [0.1, 0.15) is 0 Å². The van der Waals surface area contributed by atoms with Crippen molar-refractivity contribution in [2.45, 2.75) is 38.8 Å². The first kappa shape index (κ1) is 13.1. The van der Waals surface area contributed by atoms with Gasteiger partial charge in [-0.3, -0.25) is 19.8 Å². The largest absolute Gasteiger partial charge is 0.392 e. The Hall–Kier alpha value is -1.01. The number of thiocarbonyl (C=S) groups is 1. The molecular weight excluding hydrogens is 226 g/mol. The van der Waals surface area contributed by atoms with Crippen LogP contribution in [0.25, 0.3) is 0 Å². The monoisotopic (exact) mass is 243 g/mol. The van der Waals surface area contributed by atoms with Crippen molar-refractivity contribution in [1.29, 1.82) is 0 Å². The summed E-state index contributed by atoms with van der Waals surface area (Å²) in [5, 5.41) is 2.31. The van der Waals surface area contributed by atoms with Gasteiger partial charge >= 0.3 is 0 Å². The lowest BCUT2D eigenvalue weighted by atomic mass is 9.95. The molecule has 1 atom stereocenters. The van der Waals surface area contributed by atoms with Gasteiger partial charge in [0.05, 0.1) is 23.1 Å². The maximum absolute atomic E-state index is 11.7. The normalized spacial score (nSPS) is 22.7. The molecule has 6 heteroatoms. The number of hydrogen-bond donors (Lipinski definition) is 2. The van der Waals surface area contributed by atoms with Crippen LogP contribution in [0.5, 0.6) is 0 Å². The molecule has 0 aliphatic carbocycles. The minimum absolute atomic E-state index is 0.147. The highest BCUT2D eigenvalue weighted by Crippen LogP contribution is 2.22. The quantitative estimate of drug-likeness (QED) is 0.530. The second kappa shape index (κ2) is 4.47.